The van der Waals surface area contributed by atoms with Crippen LogP contribution in [-0.4, -0.2) is 74.3 Å². The molecule has 0 amide bonds. The van der Waals surface area contributed by atoms with Crippen molar-refractivity contribution in [3.05, 3.63) is 151 Å². The number of alkyl halides is 2. The topological polar surface area (TPSA) is 216 Å². The monoisotopic (exact) mass is 1080 g/mol. The summed E-state index contributed by atoms with van der Waals surface area (Å²) in [5.74, 6) is 2.70. The van der Waals surface area contributed by atoms with Gasteiger partial charge in [-0.05, 0) is 120 Å². The second kappa shape index (κ2) is 25.0. The first-order chi connectivity index (χ1) is 33.1. The molecule has 0 aliphatic heterocycles. The third kappa shape index (κ3) is 14.4. The molecule has 4 aromatic carbocycles. The van der Waals surface area contributed by atoms with Crippen LogP contribution in [-0.2, 0) is 45.9 Å². The molecule has 2 aromatic heterocycles. The van der Waals surface area contributed by atoms with Gasteiger partial charge in [0.05, 0.1) is 50.6 Å². The van der Waals surface area contributed by atoms with Crippen molar-refractivity contribution in [1.29, 1.82) is 10.5 Å². The van der Waals surface area contributed by atoms with E-state index in [1.807, 2.05) is 60.7 Å². The van der Waals surface area contributed by atoms with E-state index in [4.69, 9.17) is 65.4 Å². The fraction of sp³-hybridized carbons (Fsp3) is 0.320. The van der Waals surface area contributed by atoms with E-state index in [2.05, 4.69) is 36.8 Å². The summed E-state index contributed by atoms with van der Waals surface area (Å²) in [5, 5.41) is 19.8. The third-order valence-electron chi connectivity index (χ3n) is 11.0. The SMILES string of the molecule is C.C.CS(=O)(=O)Nc1nccc(COc2ccc3c(c2)C(c2cc(Cl)c(OCCCl)c(C#N)c2)CC3)n1.CS(=O)(=O)c1nccc(COc2ccc3c(c2)C(c2cc(Cl)c(OCCCl)c(C#N)c2)CC3)n1. The molecule has 0 saturated heterocycles. The van der Waals surface area contributed by atoms with Crippen LogP contribution in [0, 0.1) is 22.7 Å². The van der Waals surface area contributed by atoms with Gasteiger partial charge in [-0.3, -0.25) is 4.72 Å². The van der Waals surface area contributed by atoms with Gasteiger partial charge in [0.1, 0.15) is 50.1 Å². The van der Waals surface area contributed by atoms with Crippen LogP contribution in [0.2, 0.25) is 10.0 Å². The molecule has 2 aliphatic carbocycles. The van der Waals surface area contributed by atoms with Crippen molar-refractivity contribution in [2.45, 2.75) is 70.7 Å². The van der Waals surface area contributed by atoms with E-state index in [1.165, 1.54) is 23.5 Å². The Labute approximate surface area is 435 Å². The fourth-order valence-electron chi connectivity index (χ4n) is 8.05. The molecule has 2 aliphatic rings. The zero-order valence-electron chi connectivity index (χ0n) is 37.1. The van der Waals surface area contributed by atoms with E-state index in [1.54, 1.807) is 12.1 Å². The lowest BCUT2D eigenvalue weighted by Crippen LogP contribution is -2.13. The number of benzene rings is 4. The molecule has 6 aromatic rings. The summed E-state index contributed by atoms with van der Waals surface area (Å²) in [5.41, 5.74) is 8.24. The van der Waals surface area contributed by atoms with Crippen molar-refractivity contribution in [2.24, 2.45) is 0 Å². The Hall–Kier alpha value is -5.92. The van der Waals surface area contributed by atoms with Gasteiger partial charge in [0, 0.05) is 30.5 Å². The standard InChI is InChI=1S/C24H22Cl2N4O4S.C24H21Cl2N3O4S.2CH4/c1-35(31,32)30-24-28-8-6-18(29-24)14-34-19-4-2-15-3-5-20(21(15)12-19)16-10-17(13-27)23(22(26)11-16)33-9-7-25;1-34(30,31)24-28-8-6-18(29-24)14-33-19-4-2-15-3-5-20(21(15)12-19)16-10-17(13-27)23(22(26)11-16)32-9-7-25;;/h2,4,6,8,10-12,20H,3,5,7,9,14H2,1H3,(H,28,29,30);2,4,6,8,10-12,20H,3,5,7,9,14H2,1H3;2*1H4. The van der Waals surface area contributed by atoms with Crippen molar-refractivity contribution in [1.82, 2.24) is 19.9 Å². The molecule has 0 saturated carbocycles. The summed E-state index contributed by atoms with van der Waals surface area (Å²) < 4.78 is 71.4. The van der Waals surface area contributed by atoms with E-state index < -0.39 is 19.9 Å². The second-order valence-corrected chi connectivity index (χ2v) is 21.1. The number of halogens is 4. The first-order valence-electron chi connectivity index (χ1n) is 21.2. The maximum Gasteiger partial charge on any atom is 0.247 e. The zero-order chi connectivity index (χ0) is 49.3. The Balaban J connectivity index is 0.000000257. The zero-order valence-corrected chi connectivity index (χ0v) is 41.7. The molecule has 0 spiro atoms. The lowest BCUT2D eigenvalue weighted by molar-refractivity contribution is 0.299. The number of aromatic nitrogens is 4. The highest BCUT2D eigenvalue weighted by molar-refractivity contribution is 7.92. The smallest absolute Gasteiger partial charge is 0.247 e. The van der Waals surface area contributed by atoms with E-state index in [-0.39, 0.29) is 64.2 Å². The molecule has 15 nitrogen and oxygen atoms in total. The summed E-state index contributed by atoms with van der Waals surface area (Å²) in [6.07, 6.45) is 8.53. The lowest BCUT2D eigenvalue weighted by atomic mass is 9.91. The molecule has 2 heterocycles. The average molecular weight is 1080 g/mol. The van der Waals surface area contributed by atoms with Gasteiger partial charge >= 0.3 is 0 Å². The summed E-state index contributed by atoms with van der Waals surface area (Å²) in [7, 11) is -6.97. The Bertz CT molecular complexity index is 3190. The summed E-state index contributed by atoms with van der Waals surface area (Å²) >= 11 is 24.3. The molecule has 21 heteroatoms. The minimum atomic E-state index is -3.50. The summed E-state index contributed by atoms with van der Waals surface area (Å²) in [4.78, 5) is 15.9. The van der Waals surface area contributed by atoms with Crippen LogP contribution < -0.4 is 23.7 Å². The van der Waals surface area contributed by atoms with Gasteiger partial charge in [-0.2, -0.15) is 10.5 Å². The molecule has 2 unspecified atom stereocenters. The van der Waals surface area contributed by atoms with Crippen LogP contribution in [0.4, 0.5) is 5.95 Å². The number of nitriles is 2. The Kier molecular flexibility index (Phi) is 19.7. The van der Waals surface area contributed by atoms with Gasteiger partial charge in [-0.1, -0.05) is 50.2 Å². The maximum absolute atomic E-state index is 11.7. The highest BCUT2D eigenvalue weighted by Crippen LogP contribution is 2.44. The largest absolute Gasteiger partial charge is 0.489 e. The Morgan fingerprint density at radius 1 is 0.648 bits per heavy atom. The molecule has 0 fully saturated rings. The normalized spacial score (nSPS) is 14.4. The highest BCUT2D eigenvalue weighted by Gasteiger charge is 2.28. The molecular formula is C50H51Cl4N7O8S2. The van der Waals surface area contributed by atoms with Gasteiger partial charge in [0.2, 0.25) is 31.0 Å². The van der Waals surface area contributed by atoms with Crippen LogP contribution in [0.3, 0.4) is 0 Å². The van der Waals surface area contributed by atoms with Crippen molar-refractivity contribution >= 4 is 72.2 Å². The van der Waals surface area contributed by atoms with Crippen LogP contribution in [0.25, 0.3) is 0 Å². The molecule has 2 atom stereocenters. The predicted molar refractivity (Wildman–Crippen MR) is 276 cm³/mol. The van der Waals surface area contributed by atoms with Crippen molar-refractivity contribution in [2.75, 3.05) is 42.2 Å². The number of nitrogens with one attached hydrogen (secondary N) is 1. The quantitative estimate of drug-likeness (QED) is 0.0664. The van der Waals surface area contributed by atoms with Crippen LogP contribution in [0.5, 0.6) is 23.0 Å². The van der Waals surface area contributed by atoms with Gasteiger partial charge in [0.15, 0.2) is 11.5 Å². The minimum absolute atomic E-state index is 0. The number of aryl methyl sites for hydroxylation is 2. The Morgan fingerprint density at radius 3 is 1.55 bits per heavy atom. The third-order valence-corrected chi connectivity index (χ3v) is 13.3. The highest BCUT2D eigenvalue weighted by atomic mass is 35.5. The maximum atomic E-state index is 11.7. The van der Waals surface area contributed by atoms with Gasteiger partial charge in [-0.25, -0.2) is 36.8 Å². The molecule has 0 radical (unpaired) electrons. The molecule has 1 N–H and O–H groups in total. The van der Waals surface area contributed by atoms with E-state index in [9.17, 15) is 27.4 Å². The van der Waals surface area contributed by atoms with E-state index >= 15 is 0 Å². The first kappa shape index (κ1) is 56.0. The van der Waals surface area contributed by atoms with Crippen molar-refractivity contribution < 1.29 is 35.8 Å². The number of nitrogens with zero attached hydrogens (tertiary/aromatic N) is 6. The second-order valence-electron chi connectivity index (χ2n) is 15.9. The number of anilines is 1. The molecule has 374 valence electrons. The molecule has 8 rings (SSSR count). The molecular weight excluding hydrogens is 1030 g/mol. The van der Waals surface area contributed by atoms with Crippen molar-refractivity contribution in [3.8, 4) is 35.1 Å². The molecule has 0 bridgehead atoms. The fourth-order valence-corrected chi connectivity index (χ4v) is 9.73. The Morgan fingerprint density at radius 2 is 1.11 bits per heavy atom. The average Bonchev–Trinajstić information content (AvgIpc) is 3.95. The summed E-state index contributed by atoms with van der Waals surface area (Å²) in [6.45, 7) is 0.771. The number of hydrogen-bond donors (Lipinski definition) is 1. The minimum Gasteiger partial charge on any atom is -0.489 e. The van der Waals surface area contributed by atoms with E-state index in [0.717, 1.165) is 60.4 Å². The number of ether oxygens (including phenoxy) is 4. The van der Waals surface area contributed by atoms with Crippen LogP contribution >= 0.6 is 46.4 Å². The number of fused-ring (bicyclic) bond motifs is 2. The number of hydrogen-bond acceptors (Lipinski definition) is 14. The lowest BCUT2D eigenvalue weighted by Gasteiger charge is -2.17. The number of sulfone groups is 1. The predicted octanol–water partition coefficient (Wildman–Crippen LogP) is 10.6. The number of rotatable bonds is 17. The van der Waals surface area contributed by atoms with E-state index in [0.29, 0.717) is 67.3 Å². The van der Waals surface area contributed by atoms with Gasteiger partial charge in [0.25, 0.3) is 0 Å². The molecule has 71 heavy (non-hydrogen) atoms. The van der Waals surface area contributed by atoms with Gasteiger partial charge < -0.3 is 18.9 Å². The van der Waals surface area contributed by atoms with Crippen LogP contribution in [0.15, 0.2) is 90.3 Å². The van der Waals surface area contributed by atoms with Gasteiger partial charge in [-0.15, -0.1) is 23.2 Å². The summed E-state index contributed by atoms with van der Waals surface area (Å²) in [6, 6.07) is 26.7. The number of sulfonamides is 1. The first-order valence-corrected chi connectivity index (χ1v) is 26.9. The van der Waals surface area contributed by atoms with Crippen molar-refractivity contribution in [3.63, 3.8) is 0 Å². The van der Waals surface area contributed by atoms with Crippen LogP contribution in [0.1, 0.15) is 95.4 Å².